The Bertz CT molecular complexity index is 471. The molecule has 110 valence electrons. The number of thiocarbonyl (C=S) groups is 1. The summed E-state index contributed by atoms with van der Waals surface area (Å²) in [5.74, 6) is 0.554. The van der Waals surface area contributed by atoms with Crippen LogP contribution < -0.4 is 10.6 Å². The molecule has 0 radical (unpaired) electrons. The molecule has 5 nitrogen and oxygen atoms in total. The third kappa shape index (κ3) is 5.14. The van der Waals surface area contributed by atoms with E-state index in [4.69, 9.17) is 28.6 Å². The molecule has 1 saturated heterocycles. The predicted octanol–water partition coefficient (Wildman–Crippen LogP) is 2.12. The number of ether oxygens (including phenoxy) is 1. The van der Waals surface area contributed by atoms with E-state index in [0.717, 1.165) is 43.9 Å². The Morgan fingerprint density at radius 1 is 1.50 bits per heavy atom. The number of halogens is 2. The number of rotatable bonds is 4. The highest BCUT2D eigenvalue weighted by Gasteiger charge is 2.10. The van der Waals surface area contributed by atoms with Crippen molar-refractivity contribution in [2.75, 3.05) is 44.7 Å². The zero-order valence-corrected chi connectivity index (χ0v) is 14.0. The lowest BCUT2D eigenvalue weighted by Gasteiger charge is -2.26. The Balaban J connectivity index is 1.72. The van der Waals surface area contributed by atoms with Gasteiger partial charge in [-0.2, -0.15) is 0 Å². The molecule has 8 heteroatoms. The second kappa shape index (κ2) is 8.09. The van der Waals surface area contributed by atoms with Gasteiger partial charge in [0.15, 0.2) is 10.9 Å². The van der Waals surface area contributed by atoms with E-state index in [1.165, 1.54) is 0 Å². The standard InChI is InChI=1S/C12H16BrClN4OS/c13-9-7-10(14)11(16-8-9)17-12(20)15-1-2-18-3-5-19-6-4-18/h7-8H,1-6H2,(H2,15,16,17,20). The molecular formula is C12H16BrClN4OS. The molecule has 0 bridgehead atoms. The van der Waals surface area contributed by atoms with Gasteiger partial charge in [-0.1, -0.05) is 11.6 Å². The summed E-state index contributed by atoms with van der Waals surface area (Å²) in [4.78, 5) is 6.51. The van der Waals surface area contributed by atoms with Crippen LogP contribution in [0.2, 0.25) is 5.02 Å². The predicted molar refractivity (Wildman–Crippen MR) is 88.4 cm³/mol. The van der Waals surface area contributed by atoms with Crippen LogP contribution in [-0.2, 0) is 4.74 Å². The summed E-state index contributed by atoms with van der Waals surface area (Å²) in [5, 5.41) is 7.18. The number of aromatic nitrogens is 1. The van der Waals surface area contributed by atoms with Crippen LogP contribution in [0.4, 0.5) is 5.82 Å². The second-order valence-corrected chi connectivity index (χ2v) is 6.05. The Labute approximate surface area is 137 Å². The Hall–Kier alpha value is -0.470. The van der Waals surface area contributed by atoms with Crippen molar-refractivity contribution in [2.45, 2.75) is 0 Å². The van der Waals surface area contributed by atoms with Crippen LogP contribution in [0.3, 0.4) is 0 Å². The maximum Gasteiger partial charge on any atom is 0.172 e. The minimum absolute atomic E-state index is 0.523. The Morgan fingerprint density at radius 3 is 2.95 bits per heavy atom. The van der Waals surface area contributed by atoms with Gasteiger partial charge in [0.2, 0.25) is 0 Å². The van der Waals surface area contributed by atoms with Gasteiger partial charge in [0.05, 0.1) is 18.2 Å². The molecule has 2 heterocycles. The highest BCUT2D eigenvalue weighted by Crippen LogP contribution is 2.22. The van der Waals surface area contributed by atoms with E-state index in [1.54, 1.807) is 12.3 Å². The zero-order chi connectivity index (χ0) is 14.4. The average Bonchev–Trinajstić information content (AvgIpc) is 2.43. The molecule has 0 amide bonds. The van der Waals surface area contributed by atoms with E-state index in [1.807, 2.05) is 0 Å². The Morgan fingerprint density at radius 2 is 2.25 bits per heavy atom. The van der Waals surface area contributed by atoms with Crippen LogP contribution >= 0.6 is 39.7 Å². The Kier molecular flexibility index (Phi) is 6.44. The maximum absolute atomic E-state index is 6.06. The second-order valence-electron chi connectivity index (χ2n) is 4.32. The highest BCUT2D eigenvalue weighted by atomic mass is 79.9. The van der Waals surface area contributed by atoms with Gasteiger partial charge in [0, 0.05) is 36.8 Å². The van der Waals surface area contributed by atoms with Crippen molar-refractivity contribution in [1.29, 1.82) is 0 Å². The molecule has 1 aromatic heterocycles. The smallest absolute Gasteiger partial charge is 0.172 e. The lowest BCUT2D eigenvalue weighted by Crippen LogP contribution is -2.42. The van der Waals surface area contributed by atoms with Crippen molar-refractivity contribution in [1.82, 2.24) is 15.2 Å². The van der Waals surface area contributed by atoms with Gasteiger partial charge in [0.1, 0.15) is 0 Å². The lowest BCUT2D eigenvalue weighted by atomic mass is 10.4. The van der Waals surface area contributed by atoms with Crippen LogP contribution in [0.15, 0.2) is 16.7 Å². The van der Waals surface area contributed by atoms with Gasteiger partial charge in [-0.15, -0.1) is 0 Å². The minimum Gasteiger partial charge on any atom is -0.379 e. The fraction of sp³-hybridized carbons (Fsp3) is 0.500. The van der Waals surface area contributed by atoms with Gasteiger partial charge in [-0.05, 0) is 34.2 Å². The summed E-state index contributed by atoms with van der Waals surface area (Å²) < 4.78 is 6.13. The minimum atomic E-state index is 0.523. The van der Waals surface area contributed by atoms with Crippen molar-refractivity contribution in [3.05, 3.63) is 21.8 Å². The molecule has 0 aliphatic carbocycles. The lowest BCUT2D eigenvalue weighted by molar-refractivity contribution is 0.0389. The number of morpholine rings is 1. The summed E-state index contributed by atoms with van der Waals surface area (Å²) in [6.07, 6.45) is 1.67. The molecule has 1 aliphatic heterocycles. The summed E-state index contributed by atoms with van der Waals surface area (Å²) >= 11 is 14.6. The van der Waals surface area contributed by atoms with Gasteiger partial charge >= 0.3 is 0 Å². The summed E-state index contributed by atoms with van der Waals surface area (Å²) in [6, 6.07) is 1.77. The molecule has 2 N–H and O–H groups in total. The molecule has 2 rings (SSSR count). The molecule has 0 saturated carbocycles. The number of hydrogen-bond acceptors (Lipinski definition) is 4. The summed E-state index contributed by atoms with van der Waals surface area (Å²) in [7, 11) is 0. The number of nitrogens with one attached hydrogen (secondary N) is 2. The molecular weight excluding hydrogens is 364 g/mol. The topological polar surface area (TPSA) is 49.4 Å². The first-order valence-corrected chi connectivity index (χ1v) is 7.89. The molecule has 20 heavy (non-hydrogen) atoms. The van der Waals surface area contributed by atoms with Gasteiger partial charge in [-0.25, -0.2) is 4.98 Å². The van der Waals surface area contributed by atoms with Crippen LogP contribution in [0.25, 0.3) is 0 Å². The van der Waals surface area contributed by atoms with Crippen molar-refractivity contribution in [3.8, 4) is 0 Å². The van der Waals surface area contributed by atoms with Crippen LogP contribution in [0.1, 0.15) is 0 Å². The molecule has 1 aliphatic rings. The van der Waals surface area contributed by atoms with Crippen LogP contribution in [0, 0.1) is 0 Å². The highest BCUT2D eigenvalue weighted by molar-refractivity contribution is 9.10. The monoisotopic (exact) mass is 378 g/mol. The van der Waals surface area contributed by atoms with Gasteiger partial charge in [0.25, 0.3) is 0 Å². The maximum atomic E-state index is 6.06. The first-order valence-electron chi connectivity index (χ1n) is 6.31. The van der Waals surface area contributed by atoms with Crippen LogP contribution in [-0.4, -0.2) is 54.4 Å². The van der Waals surface area contributed by atoms with Crippen LogP contribution in [0.5, 0.6) is 0 Å². The fourth-order valence-corrected chi connectivity index (χ4v) is 2.69. The number of hydrogen-bond donors (Lipinski definition) is 2. The number of anilines is 1. The molecule has 1 aromatic rings. The van der Waals surface area contributed by atoms with Crippen molar-refractivity contribution < 1.29 is 4.74 Å². The van der Waals surface area contributed by atoms with E-state index in [0.29, 0.717) is 16.0 Å². The number of nitrogens with zero attached hydrogens (tertiary/aromatic N) is 2. The average molecular weight is 380 g/mol. The van der Waals surface area contributed by atoms with E-state index in [9.17, 15) is 0 Å². The normalized spacial score (nSPS) is 15.9. The van der Waals surface area contributed by atoms with Gasteiger partial charge < -0.3 is 15.4 Å². The first-order chi connectivity index (χ1) is 9.65. The third-order valence-corrected chi connectivity index (χ3v) is 3.83. The zero-order valence-electron chi connectivity index (χ0n) is 10.9. The molecule has 0 unspecified atom stereocenters. The fourth-order valence-electron chi connectivity index (χ4n) is 1.81. The summed E-state index contributed by atoms with van der Waals surface area (Å²) in [6.45, 7) is 5.28. The van der Waals surface area contributed by atoms with Gasteiger partial charge in [-0.3, -0.25) is 4.90 Å². The third-order valence-electron chi connectivity index (χ3n) is 2.86. The quantitative estimate of drug-likeness (QED) is 0.782. The molecule has 0 aromatic carbocycles. The first kappa shape index (κ1) is 15.9. The van der Waals surface area contributed by atoms with Crippen molar-refractivity contribution >= 4 is 50.7 Å². The summed E-state index contributed by atoms with van der Waals surface area (Å²) in [5.41, 5.74) is 0. The largest absolute Gasteiger partial charge is 0.379 e. The van der Waals surface area contributed by atoms with E-state index in [2.05, 4.69) is 36.4 Å². The van der Waals surface area contributed by atoms with E-state index in [-0.39, 0.29) is 0 Å². The number of pyridine rings is 1. The van der Waals surface area contributed by atoms with Crippen molar-refractivity contribution in [3.63, 3.8) is 0 Å². The van der Waals surface area contributed by atoms with E-state index < -0.39 is 0 Å². The molecule has 1 fully saturated rings. The van der Waals surface area contributed by atoms with Crippen molar-refractivity contribution in [2.24, 2.45) is 0 Å². The van der Waals surface area contributed by atoms with E-state index >= 15 is 0 Å². The SMILES string of the molecule is S=C(NCCN1CCOCC1)Nc1ncc(Br)cc1Cl. The molecule has 0 atom stereocenters. The molecule has 0 spiro atoms.